The van der Waals surface area contributed by atoms with Crippen LogP contribution in [0.25, 0.3) is 16.8 Å². The molecular weight excluding hydrogens is 306 g/mol. The lowest BCUT2D eigenvalue weighted by Gasteiger charge is -2.20. The zero-order valence-electron chi connectivity index (χ0n) is 14.8. The van der Waals surface area contributed by atoms with Crippen LogP contribution in [0.15, 0.2) is 72.8 Å². The molecule has 0 fully saturated rings. The average molecular weight is 329 g/mol. The Bertz CT molecular complexity index is 889. The van der Waals surface area contributed by atoms with Crippen LogP contribution in [0.2, 0.25) is 0 Å². The fraction of sp³-hybridized carbons (Fsp3) is 0.174. The van der Waals surface area contributed by atoms with Crippen molar-refractivity contribution in [1.29, 1.82) is 0 Å². The molecule has 126 valence electrons. The highest BCUT2D eigenvalue weighted by Gasteiger charge is 2.04. The third kappa shape index (κ3) is 3.97. The molecule has 2 heteroatoms. The summed E-state index contributed by atoms with van der Waals surface area (Å²) < 4.78 is 0. The molecule has 3 aromatic carbocycles. The predicted octanol–water partition coefficient (Wildman–Crippen LogP) is 5.58. The molecule has 0 saturated heterocycles. The zero-order valence-corrected chi connectivity index (χ0v) is 14.8. The van der Waals surface area contributed by atoms with E-state index in [1.807, 2.05) is 42.5 Å². The van der Waals surface area contributed by atoms with E-state index in [1.165, 1.54) is 5.69 Å². The number of nitrogens with zero attached hydrogens (tertiary/aromatic N) is 1. The van der Waals surface area contributed by atoms with Gasteiger partial charge in [0.25, 0.3) is 0 Å². The first-order valence-electron chi connectivity index (χ1n) is 8.77. The molecule has 0 amide bonds. The van der Waals surface area contributed by atoms with E-state index in [0.717, 1.165) is 35.0 Å². The van der Waals surface area contributed by atoms with Gasteiger partial charge in [-0.05, 0) is 54.5 Å². The Labute approximate surface area is 149 Å². The van der Waals surface area contributed by atoms with E-state index < -0.39 is 0 Å². The van der Waals surface area contributed by atoms with E-state index in [0.29, 0.717) is 0 Å². The van der Waals surface area contributed by atoms with Gasteiger partial charge in [0.15, 0.2) is 5.78 Å². The fourth-order valence-electron chi connectivity index (χ4n) is 3.00. The van der Waals surface area contributed by atoms with Gasteiger partial charge >= 0.3 is 0 Å². The van der Waals surface area contributed by atoms with E-state index in [2.05, 4.69) is 49.1 Å². The summed E-state index contributed by atoms with van der Waals surface area (Å²) in [5.41, 5.74) is 2.96. The largest absolute Gasteiger partial charge is 0.372 e. The van der Waals surface area contributed by atoms with Gasteiger partial charge in [-0.3, -0.25) is 4.79 Å². The number of ketones is 1. The van der Waals surface area contributed by atoms with Gasteiger partial charge in [-0.2, -0.15) is 0 Å². The number of allylic oxidation sites excluding steroid dienone is 1. The third-order valence-corrected chi connectivity index (χ3v) is 4.48. The lowest BCUT2D eigenvalue weighted by Crippen LogP contribution is -2.21. The van der Waals surface area contributed by atoms with Gasteiger partial charge in [0, 0.05) is 24.3 Å². The summed E-state index contributed by atoms with van der Waals surface area (Å²) in [7, 11) is 0. The van der Waals surface area contributed by atoms with Gasteiger partial charge in [-0.25, -0.2) is 0 Å². The van der Waals surface area contributed by atoms with Crippen molar-refractivity contribution in [2.24, 2.45) is 0 Å². The molecule has 0 aromatic heterocycles. The predicted molar refractivity (Wildman–Crippen MR) is 107 cm³/mol. The molecule has 25 heavy (non-hydrogen) atoms. The molecule has 0 radical (unpaired) electrons. The van der Waals surface area contributed by atoms with E-state index in [-0.39, 0.29) is 5.78 Å². The molecule has 0 atom stereocenters. The van der Waals surface area contributed by atoms with Crippen molar-refractivity contribution in [3.8, 4) is 0 Å². The minimum atomic E-state index is 0.0265. The molecule has 3 aromatic rings. The first-order chi connectivity index (χ1) is 12.2. The Morgan fingerprint density at radius 1 is 0.880 bits per heavy atom. The normalized spacial score (nSPS) is 11.1. The van der Waals surface area contributed by atoms with Crippen LogP contribution in [-0.2, 0) is 0 Å². The van der Waals surface area contributed by atoms with Crippen molar-refractivity contribution >= 4 is 28.3 Å². The molecule has 0 heterocycles. The summed E-state index contributed by atoms with van der Waals surface area (Å²) in [6, 6.07) is 22.2. The van der Waals surface area contributed by atoms with Gasteiger partial charge in [0.2, 0.25) is 0 Å². The second kappa shape index (κ2) is 7.80. The van der Waals surface area contributed by atoms with Gasteiger partial charge in [0.05, 0.1) is 0 Å². The van der Waals surface area contributed by atoms with Gasteiger partial charge in [-0.1, -0.05) is 54.6 Å². The Balaban J connectivity index is 1.75. The lowest BCUT2D eigenvalue weighted by molar-refractivity contribution is 0.104. The highest BCUT2D eigenvalue weighted by molar-refractivity contribution is 6.08. The second-order valence-electron chi connectivity index (χ2n) is 6.02. The number of fused-ring (bicyclic) bond motifs is 1. The highest BCUT2D eigenvalue weighted by atomic mass is 16.1. The minimum Gasteiger partial charge on any atom is -0.372 e. The minimum absolute atomic E-state index is 0.0265. The monoisotopic (exact) mass is 329 g/mol. The summed E-state index contributed by atoms with van der Waals surface area (Å²) >= 11 is 0. The topological polar surface area (TPSA) is 20.3 Å². The summed E-state index contributed by atoms with van der Waals surface area (Å²) in [6.45, 7) is 6.29. The molecule has 0 bridgehead atoms. The summed E-state index contributed by atoms with van der Waals surface area (Å²) in [6.07, 6.45) is 3.53. The average Bonchev–Trinajstić information content (AvgIpc) is 2.67. The molecule has 0 saturated carbocycles. The first-order valence-corrected chi connectivity index (χ1v) is 8.77. The summed E-state index contributed by atoms with van der Waals surface area (Å²) in [4.78, 5) is 14.7. The standard InChI is InChI=1S/C23H23NO/c1-3-24(4-2)22-14-9-18(10-15-22)11-16-23(25)21-13-12-19-7-5-6-8-20(19)17-21/h5-17H,3-4H2,1-2H3. The highest BCUT2D eigenvalue weighted by Crippen LogP contribution is 2.18. The van der Waals surface area contributed by atoms with Crippen molar-refractivity contribution in [1.82, 2.24) is 0 Å². The Morgan fingerprint density at radius 3 is 2.24 bits per heavy atom. The smallest absolute Gasteiger partial charge is 0.185 e. The number of rotatable bonds is 6. The number of hydrogen-bond acceptors (Lipinski definition) is 2. The van der Waals surface area contributed by atoms with Crippen molar-refractivity contribution in [3.05, 3.63) is 83.9 Å². The van der Waals surface area contributed by atoms with Crippen LogP contribution >= 0.6 is 0 Å². The van der Waals surface area contributed by atoms with Gasteiger partial charge < -0.3 is 4.90 Å². The maximum absolute atomic E-state index is 12.4. The maximum atomic E-state index is 12.4. The quantitative estimate of drug-likeness (QED) is 0.434. The van der Waals surface area contributed by atoms with Crippen LogP contribution in [0.1, 0.15) is 29.8 Å². The molecule has 0 aliphatic carbocycles. The Kier molecular flexibility index (Phi) is 5.30. The molecule has 2 nitrogen and oxygen atoms in total. The van der Waals surface area contributed by atoms with E-state index in [9.17, 15) is 4.79 Å². The summed E-state index contributed by atoms with van der Waals surface area (Å²) in [5.74, 6) is 0.0265. The van der Waals surface area contributed by atoms with Crippen LogP contribution in [0.3, 0.4) is 0 Å². The number of hydrogen-bond donors (Lipinski definition) is 0. The van der Waals surface area contributed by atoms with Crippen LogP contribution in [-0.4, -0.2) is 18.9 Å². The first kappa shape index (κ1) is 17.0. The van der Waals surface area contributed by atoms with Crippen molar-refractivity contribution < 1.29 is 4.79 Å². The zero-order chi connectivity index (χ0) is 17.6. The molecule has 3 rings (SSSR count). The molecular formula is C23H23NO. The SMILES string of the molecule is CCN(CC)c1ccc(C=CC(=O)c2ccc3ccccc3c2)cc1. The molecule has 0 aliphatic heterocycles. The Hall–Kier alpha value is -2.87. The van der Waals surface area contributed by atoms with Crippen molar-refractivity contribution in [3.63, 3.8) is 0 Å². The van der Waals surface area contributed by atoms with Crippen molar-refractivity contribution in [2.75, 3.05) is 18.0 Å². The molecule has 0 N–H and O–H groups in total. The Morgan fingerprint density at radius 2 is 1.56 bits per heavy atom. The van der Waals surface area contributed by atoms with Crippen LogP contribution in [0.5, 0.6) is 0 Å². The number of anilines is 1. The van der Waals surface area contributed by atoms with Gasteiger partial charge in [-0.15, -0.1) is 0 Å². The van der Waals surface area contributed by atoms with Crippen LogP contribution in [0, 0.1) is 0 Å². The number of carbonyl (C=O) groups is 1. The van der Waals surface area contributed by atoms with E-state index >= 15 is 0 Å². The lowest BCUT2D eigenvalue weighted by atomic mass is 10.0. The summed E-state index contributed by atoms with van der Waals surface area (Å²) in [5, 5.41) is 2.24. The fourth-order valence-corrected chi connectivity index (χ4v) is 3.00. The van der Waals surface area contributed by atoms with E-state index in [4.69, 9.17) is 0 Å². The third-order valence-electron chi connectivity index (χ3n) is 4.48. The molecule has 0 aliphatic rings. The van der Waals surface area contributed by atoms with Gasteiger partial charge in [0.1, 0.15) is 0 Å². The molecule has 0 unspecified atom stereocenters. The van der Waals surface area contributed by atoms with Crippen LogP contribution < -0.4 is 4.90 Å². The number of benzene rings is 3. The van der Waals surface area contributed by atoms with Crippen molar-refractivity contribution in [2.45, 2.75) is 13.8 Å². The van der Waals surface area contributed by atoms with E-state index in [1.54, 1.807) is 6.08 Å². The molecule has 0 spiro atoms. The second-order valence-corrected chi connectivity index (χ2v) is 6.02. The number of carbonyl (C=O) groups excluding carboxylic acids is 1. The maximum Gasteiger partial charge on any atom is 0.185 e. The van der Waals surface area contributed by atoms with Crippen LogP contribution in [0.4, 0.5) is 5.69 Å².